The van der Waals surface area contributed by atoms with Crippen LogP contribution < -0.4 is 0 Å². The molecule has 4 rings (SSSR count). The summed E-state index contributed by atoms with van der Waals surface area (Å²) in [4.78, 5) is 21.2. The molecule has 0 unspecified atom stereocenters. The molecule has 3 aromatic rings. The fourth-order valence-corrected chi connectivity index (χ4v) is 4.33. The van der Waals surface area contributed by atoms with Crippen molar-refractivity contribution in [2.75, 3.05) is 26.2 Å². The zero-order valence-corrected chi connectivity index (χ0v) is 19.4. The Morgan fingerprint density at radius 1 is 1.06 bits per heavy atom. The molecule has 168 valence electrons. The molecule has 0 aliphatic carbocycles. The fraction of sp³-hybridized carbons (Fsp3) is 0.400. The van der Waals surface area contributed by atoms with Crippen molar-refractivity contribution in [3.8, 4) is 5.82 Å². The Kier molecular flexibility index (Phi) is 6.55. The van der Waals surface area contributed by atoms with Gasteiger partial charge in [0.05, 0.1) is 6.20 Å². The summed E-state index contributed by atoms with van der Waals surface area (Å²) in [5.41, 5.74) is 4.55. The van der Waals surface area contributed by atoms with Crippen LogP contribution in [0.5, 0.6) is 0 Å². The third kappa shape index (κ3) is 4.67. The smallest absolute Gasteiger partial charge is 0.246 e. The van der Waals surface area contributed by atoms with Gasteiger partial charge in [-0.1, -0.05) is 0 Å². The monoisotopic (exact) mass is 432 g/mol. The summed E-state index contributed by atoms with van der Waals surface area (Å²) >= 11 is 0. The SMILES string of the molecule is Cc1cc(/C=C/C(=O)N2CCN(Cc3ccncc3)CC2)c(C)n1-c1ccnn1C(C)C. The van der Waals surface area contributed by atoms with Gasteiger partial charge in [-0.25, -0.2) is 4.68 Å². The number of aromatic nitrogens is 4. The van der Waals surface area contributed by atoms with Crippen LogP contribution in [0.15, 0.2) is 48.9 Å². The number of carbonyl (C=O) groups is 1. The Bertz CT molecular complexity index is 1090. The highest BCUT2D eigenvalue weighted by Crippen LogP contribution is 2.23. The van der Waals surface area contributed by atoms with Gasteiger partial charge in [-0.2, -0.15) is 5.10 Å². The van der Waals surface area contributed by atoms with E-state index in [-0.39, 0.29) is 11.9 Å². The first-order valence-electron chi connectivity index (χ1n) is 11.2. The predicted octanol–water partition coefficient (Wildman–Crippen LogP) is 3.62. The van der Waals surface area contributed by atoms with Gasteiger partial charge in [0, 0.05) is 74.7 Å². The lowest BCUT2D eigenvalue weighted by atomic mass is 10.2. The highest BCUT2D eigenvalue weighted by Gasteiger charge is 2.20. The third-order valence-corrected chi connectivity index (χ3v) is 6.08. The number of pyridine rings is 1. The summed E-state index contributed by atoms with van der Waals surface area (Å²) in [6, 6.07) is 8.53. The lowest BCUT2D eigenvalue weighted by Gasteiger charge is -2.34. The average molecular weight is 433 g/mol. The van der Waals surface area contributed by atoms with E-state index < -0.39 is 0 Å². The van der Waals surface area contributed by atoms with Crippen molar-refractivity contribution in [2.24, 2.45) is 0 Å². The Morgan fingerprint density at radius 3 is 2.47 bits per heavy atom. The van der Waals surface area contributed by atoms with Crippen LogP contribution in [0.2, 0.25) is 0 Å². The lowest BCUT2D eigenvalue weighted by molar-refractivity contribution is -0.127. The van der Waals surface area contributed by atoms with E-state index in [9.17, 15) is 4.79 Å². The first kappa shape index (κ1) is 22.0. The van der Waals surface area contributed by atoms with Gasteiger partial charge in [-0.3, -0.25) is 14.7 Å². The van der Waals surface area contributed by atoms with E-state index in [1.807, 2.05) is 52.4 Å². The minimum absolute atomic E-state index is 0.0746. The van der Waals surface area contributed by atoms with Crippen molar-refractivity contribution >= 4 is 12.0 Å². The van der Waals surface area contributed by atoms with E-state index in [1.54, 1.807) is 6.08 Å². The van der Waals surface area contributed by atoms with Gasteiger partial charge >= 0.3 is 0 Å². The molecule has 0 radical (unpaired) electrons. The number of rotatable bonds is 6. The zero-order chi connectivity index (χ0) is 22.7. The zero-order valence-electron chi connectivity index (χ0n) is 19.4. The summed E-state index contributed by atoms with van der Waals surface area (Å²) in [5.74, 6) is 1.12. The van der Waals surface area contributed by atoms with Crippen molar-refractivity contribution in [1.82, 2.24) is 29.1 Å². The molecule has 1 aliphatic rings. The highest BCUT2D eigenvalue weighted by molar-refractivity contribution is 5.92. The van der Waals surface area contributed by atoms with Gasteiger partial charge in [-0.15, -0.1) is 0 Å². The summed E-state index contributed by atoms with van der Waals surface area (Å²) in [6.07, 6.45) is 9.15. The van der Waals surface area contributed by atoms with Crippen molar-refractivity contribution in [3.63, 3.8) is 0 Å². The maximum atomic E-state index is 12.8. The minimum atomic E-state index is 0.0746. The van der Waals surface area contributed by atoms with Gasteiger partial charge in [0.2, 0.25) is 5.91 Å². The Balaban J connectivity index is 1.40. The normalized spacial score (nSPS) is 15.2. The van der Waals surface area contributed by atoms with Crippen LogP contribution in [0.4, 0.5) is 0 Å². The van der Waals surface area contributed by atoms with E-state index in [1.165, 1.54) is 5.56 Å². The van der Waals surface area contributed by atoms with Crippen molar-refractivity contribution in [2.45, 2.75) is 40.3 Å². The molecule has 0 aromatic carbocycles. The molecule has 7 heteroatoms. The van der Waals surface area contributed by atoms with Gasteiger partial charge in [0.15, 0.2) is 0 Å². The van der Waals surface area contributed by atoms with Crippen LogP contribution in [0.25, 0.3) is 11.9 Å². The standard InChI is InChI=1S/C25H32N6O/c1-19(2)31-24(9-12-27-31)30-20(3)17-23(21(30)4)5-6-25(32)29-15-13-28(14-16-29)18-22-7-10-26-11-8-22/h5-12,17,19H,13-16,18H2,1-4H3/b6-5+. The molecule has 1 fully saturated rings. The molecular formula is C25H32N6O. The van der Waals surface area contributed by atoms with Crippen molar-refractivity contribution in [1.29, 1.82) is 0 Å². The number of aryl methyl sites for hydroxylation is 1. The van der Waals surface area contributed by atoms with Crippen molar-refractivity contribution < 1.29 is 4.79 Å². The van der Waals surface area contributed by atoms with Crippen LogP contribution >= 0.6 is 0 Å². The van der Waals surface area contributed by atoms with E-state index in [0.29, 0.717) is 0 Å². The minimum Gasteiger partial charge on any atom is -0.337 e. The summed E-state index contributed by atoms with van der Waals surface area (Å²) in [7, 11) is 0. The second-order valence-electron chi connectivity index (χ2n) is 8.68. The van der Waals surface area contributed by atoms with Gasteiger partial charge < -0.3 is 9.47 Å². The Hall–Kier alpha value is -3.19. The molecule has 0 saturated carbocycles. The molecule has 1 saturated heterocycles. The number of hydrogen-bond donors (Lipinski definition) is 0. The van der Waals surface area contributed by atoms with Gasteiger partial charge in [-0.05, 0) is 63.1 Å². The third-order valence-electron chi connectivity index (χ3n) is 6.08. The lowest BCUT2D eigenvalue weighted by Crippen LogP contribution is -2.47. The quantitative estimate of drug-likeness (QED) is 0.558. The van der Waals surface area contributed by atoms with Crippen LogP contribution in [0.3, 0.4) is 0 Å². The predicted molar refractivity (Wildman–Crippen MR) is 127 cm³/mol. The van der Waals surface area contributed by atoms with Gasteiger partial charge in [0.1, 0.15) is 5.82 Å². The number of amides is 1. The largest absolute Gasteiger partial charge is 0.337 e. The summed E-state index contributed by atoms with van der Waals surface area (Å²) in [5, 5.41) is 4.46. The molecule has 3 aromatic heterocycles. The van der Waals surface area contributed by atoms with E-state index in [4.69, 9.17) is 0 Å². The van der Waals surface area contributed by atoms with E-state index in [0.717, 1.165) is 55.5 Å². The number of piperazine rings is 1. The maximum Gasteiger partial charge on any atom is 0.246 e. The number of carbonyl (C=O) groups excluding carboxylic acids is 1. The molecule has 0 atom stereocenters. The highest BCUT2D eigenvalue weighted by atomic mass is 16.2. The van der Waals surface area contributed by atoms with Crippen LogP contribution in [-0.4, -0.2) is 61.2 Å². The molecule has 0 N–H and O–H groups in total. The molecule has 0 bridgehead atoms. The van der Waals surface area contributed by atoms with Crippen LogP contribution in [-0.2, 0) is 11.3 Å². The number of hydrogen-bond acceptors (Lipinski definition) is 4. The second kappa shape index (κ2) is 9.53. The molecule has 0 spiro atoms. The maximum absolute atomic E-state index is 12.8. The summed E-state index contributed by atoms with van der Waals surface area (Å²) < 4.78 is 4.22. The summed E-state index contributed by atoms with van der Waals surface area (Å²) in [6.45, 7) is 12.6. The molecule has 1 amide bonds. The molecule has 1 aliphatic heterocycles. The van der Waals surface area contributed by atoms with Crippen molar-refractivity contribution in [3.05, 3.63) is 71.4 Å². The van der Waals surface area contributed by atoms with E-state index >= 15 is 0 Å². The molecular weight excluding hydrogens is 400 g/mol. The van der Waals surface area contributed by atoms with E-state index in [2.05, 4.69) is 53.3 Å². The molecule has 4 heterocycles. The topological polar surface area (TPSA) is 59.2 Å². The van der Waals surface area contributed by atoms with Crippen LogP contribution in [0.1, 0.15) is 42.4 Å². The first-order valence-corrected chi connectivity index (χ1v) is 11.2. The van der Waals surface area contributed by atoms with Gasteiger partial charge in [0.25, 0.3) is 0 Å². The molecule has 32 heavy (non-hydrogen) atoms. The fourth-order valence-electron chi connectivity index (χ4n) is 4.33. The Labute approximate surface area is 190 Å². The number of nitrogens with zero attached hydrogens (tertiary/aromatic N) is 6. The Morgan fingerprint density at radius 2 is 1.78 bits per heavy atom. The molecule has 7 nitrogen and oxygen atoms in total. The first-order chi connectivity index (χ1) is 15.4. The average Bonchev–Trinajstić information content (AvgIpc) is 3.37. The van der Waals surface area contributed by atoms with Crippen LogP contribution in [0, 0.1) is 13.8 Å². The second-order valence-corrected chi connectivity index (χ2v) is 8.68.